The minimum Gasteiger partial charge on any atom is -0.275 e. The first kappa shape index (κ1) is 10.4. The van der Waals surface area contributed by atoms with Gasteiger partial charge in [0.1, 0.15) is 0 Å². The Balaban J connectivity index is 2.11. The first-order valence-corrected chi connectivity index (χ1v) is 5.65. The van der Waals surface area contributed by atoms with E-state index in [1.807, 2.05) is 25.4 Å². The summed E-state index contributed by atoms with van der Waals surface area (Å²) in [7, 11) is 1.90. The predicted octanol–water partition coefficient (Wildman–Crippen LogP) is 1.23. The smallest absolute Gasteiger partial charge is 0.0811 e. The van der Waals surface area contributed by atoms with E-state index >= 15 is 0 Å². The molecule has 0 aliphatic rings. The van der Waals surface area contributed by atoms with Crippen LogP contribution in [0.2, 0.25) is 0 Å². The lowest BCUT2D eigenvalue weighted by atomic mass is 10.1. The summed E-state index contributed by atoms with van der Waals surface area (Å²) in [4.78, 5) is 1.31. The van der Waals surface area contributed by atoms with Crippen molar-refractivity contribution >= 4 is 11.3 Å². The Labute approximate surface area is 92.7 Å². The molecule has 2 aromatic rings. The van der Waals surface area contributed by atoms with Crippen molar-refractivity contribution in [1.82, 2.24) is 15.2 Å². The Morgan fingerprint density at radius 2 is 2.47 bits per heavy atom. The van der Waals surface area contributed by atoms with Crippen molar-refractivity contribution in [3.8, 4) is 0 Å². The second-order valence-electron chi connectivity index (χ2n) is 3.42. The van der Waals surface area contributed by atoms with Crippen molar-refractivity contribution in [2.75, 3.05) is 0 Å². The van der Waals surface area contributed by atoms with Crippen LogP contribution in [0, 0.1) is 0 Å². The fourth-order valence-electron chi connectivity index (χ4n) is 1.50. The van der Waals surface area contributed by atoms with E-state index in [1.165, 1.54) is 4.88 Å². The summed E-state index contributed by atoms with van der Waals surface area (Å²) in [6.07, 6.45) is 2.80. The van der Waals surface area contributed by atoms with Gasteiger partial charge in [-0.15, -0.1) is 11.3 Å². The summed E-state index contributed by atoms with van der Waals surface area (Å²) in [6.45, 7) is 0. The average Bonchev–Trinajstić information content (AvgIpc) is 2.85. The quantitative estimate of drug-likeness (QED) is 0.604. The van der Waals surface area contributed by atoms with Gasteiger partial charge in [-0.25, -0.2) is 0 Å². The molecule has 0 bridgehead atoms. The Morgan fingerprint density at radius 3 is 3.00 bits per heavy atom. The summed E-state index contributed by atoms with van der Waals surface area (Å²) in [6, 6.07) is 6.23. The lowest BCUT2D eigenvalue weighted by Crippen LogP contribution is -2.29. The van der Waals surface area contributed by atoms with Crippen molar-refractivity contribution in [2.45, 2.75) is 12.5 Å². The summed E-state index contributed by atoms with van der Waals surface area (Å²) < 4.78 is 1.79. The van der Waals surface area contributed by atoms with Gasteiger partial charge in [-0.2, -0.15) is 5.10 Å². The number of hydrazine groups is 1. The zero-order valence-corrected chi connectivity index (χ0v) is 9.37. The number of nitrogens with one attached hydrogen (secondary N) is 1. The fraction of sp³-hybridized carbons (Fsp3) is 0.300. The molecule has 4 nitrogen and oxygen atoms in total. The van der Waals surface area contributed by atoms with Crippen LogP contribution in [-0.2, 0) is 13.5 Å². The standard InChI is InChI=1S/C10H14N4S/c1-14-5-4-9(13-14)10(12-11)7-8-3-2-6-15-8/h2-6,10,12H,7,11H2,1H3. The van der Waals surface area contributed by atoms with Crippen LogP contribution < -0.4 is 11.3 Å². The first-order chi connectivity index (χ1) is 7.29. The second-order valence-corrected chi connectivity index (χ2v) is 4.45. The minimum absolute atomic E-state index is 0.0878. The molecule has 0 fully saturated rings. The highest BCUT2D eigenvalue weighted by molar-refractivity contribution is 7.09. The monoisotopic (exact) mass is 222 g/mol. The topological polar surface area (TPSA) is 55.9 Å². The van der Waals surface area contributed by atoms with Gasteiger partial charge in [-0.3, -0.25) is 16.0 Å². The second kappa shape index (κ2) is 4.57. The maximum atomic E-state index is 5.54. The molecule has 5 heteroatoms. The Kier molecular flexibility index (Phi) is 3.15. The van der Waals surface area contributed by atoms with Crippen molar-refractivity contribution < 1.29 is 0 Å². The number of nitrogens with zero attached hydrogens (tertiary/aromatic N) is 2. The van der Waals surface area contributed by atoms with Crippen LogP contribution in [0.25, 0.3) is 0 Å². The zero-order chi connectivity index (χ0) is 10.7. The average molecular weight is 222 g/mol. The largest absolute Gasteiger partial charge is 0.275 e. The van der Waals surface area contributed by atoms with E-state index in [1.54, 1.807) is 16.0 Å². The van der Waals surface area contributed by atoms with Gasteiger partial charge in [0.25, 0.3) is 0 Å². The molecule has 0 saturated heterocycles. The summed E-state index contributed by atoms with van der Waals surface area (Å²) in [5.74, 6) is 5.54. The van der Waals surface area contributed by atoms with E-state index in [-0.39, 0.29) is 6.04 Å². The molecular weight excluding hydrogens is 208 g/mol. The van der Waals surface area contributed by atoms with E-state index in [9.17, 15) is 0 Å². The zero-order valence-electron chi connectivity index (χ0n) is 8.55. The summed E-state index contributed by atoms with van der Waals surface area (Å²) >= 11 is 1.74. The van der Waals surface area contributed by atoms with Crippen LogP contribution in [0.4, 0.5) is 0 Å². The molecule has 0 spiro atoms. The molecule has 0 aromatic carbocycles. The maximum Gasteiger partial charge on any atom is 0.0811 e. The van der Waals surface area contributed by atoms with Gasteiger partial charge in [-0.1, -0.05) is 6.07 Å². The van der Waals surface area contributed by atoms with Gasteiger partial charge >= 0.3 is 0 Å². The SMILES string of the molecule is Cn1ccc(C(Cc2cccs2)NN)n1. The van der Waals surface area contributed by atoms with Gasteiger partial charge in [-0.05, 0) is 17.5 Å². The molecule has 0 amide bonds. The van der Waals surface area contributed by atoms with E-state index in [4.69, 9.17) is 5.84 Å². The number of aromatic nitrogens is 2. The van der Waals surface area contributed by atoms with Gasteiger partial charge in [0, 0.05) is 24.5 Å². The Hall–Kier alpha value is -1.17. The molecule has 0 aliphatic carbocycles. The Bertz CT molecular complexity index is 407. The van der Waals surface area contributed by atoms with Gasteiger partial charge in [0.2, 0.25) is 0 Å². The van der Waals surface area contributed by atoms with Crippen molar-refractivity contribution in [2.24, 2.45) is 12.9 Å². The summed E-state index contributed by atoms with van der Waals surface area (Å²) in [5, 5.41) is 6.41. The molecule has 80 valence electrons. The molecule has 1 atom stereocenters. The highest BCUT2D eigenvalue weighted by Crippen LogP contribution is 2.19. The lowest BCUT2D eigenvalue weighted by molar-refractivity contribution is 0.532. The molecular formula is C10H14N4S. The first-order valence-electron chi connectivity index (χ1n) is 4.77. The fourth-order valence-corrected chi connectivity index (χ4v) is 2.25. The normalized spacial score (nSPS) is 12.9. The molecule has 0 radical (unpaired) electrons. The molecule has 3 N–H and O–H groups in total. The van der Waals surface area contributed by atoms with Crippen molar-refractivity contribution in [1.29, 1.82) is 0 Å². The van der Waals surface area contributed by atoms with Crippen LogP contribution in [0.1, 0.15) is 16.6 Å². The molecule has 15 heavy (non-hydrogen) atoms. The number of nitrogens with two attached hydrogens (primary N) is 1. The number of hydrogen-bond donors (Lipinski definition) is 2. The molecule has 0 saturated carbocycles. The van der Waals surface area contributed by atoms with Crippen LogP contribution in [0.15, 0.2) is 29.8 Å². The highest BCUT2D eigenvalue weighted by atomic mass is 32.1. The number of rotatable bonds is 4. The number of hydrogen-bond acceptors (Lipinski definition) is 4. The van der Waals surface area contributed by atoms with Crippen molar-refractivity contribution in [3.05, 3.63) is 40.3 Å². The van der Waals surface area contributed by atoms with Crippen LogP contribution >= 0.6 is 11.3 Å². The molecule has 2 aromatic heterocycles. The van der Waals surface area contributed by atoms with Gasteiger partial charge < -0.3 is 0 Å². The number of aryl methyl sites for hydroxylation is 1. The third-order valence-corrected chi connectivity index (χ3v) is 3.18. The van der Waals surface area contributed by atoms with E-state index in [0.717, 1.165) is 12.1 Å². The molecule has 1 unspecified atom stereocenters. The van der Waals surface area contributed by atoms with Crippen LogP contribution in [0.3, 0.4) is 0 Å². The number of thiophene rings is 1. The minimum atomic E-state index is 0.0878. The van der Waals surface area contributed by atoms with E-state index < -0.39 is 0 Å². The maximum absolute atomic E-state index is 5.54. The molecule has 2 heterocycles. The third-order valence-electron chi connectivity index (χ3n) is 2.28. The van der Waals surface area contributed by atoms with Crippen molar-refractivity contribution in [3.63, 3.8) is 0 Å². The van der Waals surface area contributed by atoms with Gasteiger partial charge in [0.15, 0.2) is 0 Å². The third kappa shape index (κ3) is 2.44. The highest BCUT2D eigenvalue weighted by Gasteiger charge is 2.13. The summed E-state index contributed by atoms with van der Waals surface area (Å²) in [5.41, 5.74) is 3.78. The molecule has 0 aliphatic heterocycles. The molecule has 2 rings (SSSR count). The van der Waals surface area contributed by atoms with Crippen LogP contribution in [-0.4, -0.2) is 9.78 Å². The van der Waals surface area contributed by atoms with Gasteiger partial charge in [0.05, 0.1) is 11.7 Å². The van der Waals surface area contributed by atoms with E-state index in [2.05, 4.69) is 22.0 Å². The van der Waals surface area contributed by atoms with Crippen LogP contribution in [0.5, 0.6) is 0 Å². The lowest BCUT2D eigenvalue weighted by Gasteiger charge is -2.11. The predicted molar refractivity (Wildman–Crippen MR) is 61.3 cm³/mol. The van der Waals surface area contributed by atoms with E-state index in [0.29, 0.717) is 0 Å². The Morgan fingerprint density at radius 1 is 1.60 bits per heavy atom.